The maximum absolute atomic E-state index is 15.6. The smallest absolute Gasteiger partial charge is 0.270 e. The van der Waals surface area contributed by atoms with Crippen LogP contribution in [0.2, 0.25) is 0 Å². The topological polar surface area (TPSA) is 93.4 Å². The quantitative estimate of drug-likeness (QED) is 0.566. The van der Waals surface area contributed by atoms with E-state index in [1.807, 2.05) is 20.8 Å². The third-order valence-corrected chi connectivity index (χ3v) is 5.87. The fourth-order valence-corrected chi connectivity index (χ4v) is 4.26. The number of amides is 1. The van der Waals surface area contributed by atoms with Gasteiger partial charge in [-0.15, -0.1) is 0 Å². The molecule has 7 nitrogen and oxygen atoms in total. The largest absolute Gasteiger partial charge is 0.496 e. The van der Waals surface area contributed by atoms with Crippen molar-refractivity contribution in [3.8, 4) is 5.75 Å². The van der Waals surface area contributed by atoms with Crippen LogP contribution in [0.1, 0.15) is 64.1 Å². The molecule has 0 bridgehead atoms. The zero-order valence-corrected chi connectivity index (χ0v) is 20.2. The van der Waals surface area contributed by atoms with Crippen LogP contribution in [0.15, 0.2) is 24.5 Å². The monoisotopic (exact) mass is 479 g/mol. The number of aromatic nitrogens is 2. The van der Waals surface area contributed by atoms with Crippen molar-refractivity contribution in [3.05, 3.63) is 41.5 Å². The second-order valence-electron chi connectivity index (χ2n) is 9.92. The molecule has 0 spiro atoms. The molecule has 0 radical (unpaired) electrons. The number of hydrogen-bond donors (Lipinski definition) is 2. The van der Waals surface area contributed by atoms with E-state index in [1.54, 1.807) is 11.0 Å². The summed E-state index contributed by atoms with van der Waals surface area (Å²) in [5.74, 6) is -4.06. The molecular formula is C24H32F3N5O2. The van der Waals surface area contributed by atoms with Crippen LogP contribution in [0.3, 0.4) is 0 Å². The third-order valence-electron chi connectivity index (χ3n) is 5.87. The number of carbonyl (C=O) groups is 1. The minimum absolute atomic E-state index is 0.0610. The van der Waals surface area contributed by atoms with Crippen molar-refractivity contribution in [2.24, 2.45) is 11.1 Å². The van der Waals surface area contributed by atoms with Gasteiger partial charge in [0.15, 0.2) is 11.6 Å². The standard InChI is InChI=1S/C24H32F3N5O2/c1-23(2,3)12-16(20(28)33)31-21-19(25)22(30-13-29-21)32-10-6-7-17(32)15-9-8-14(24(4,26)27)11-18(15)34-5/h8-9,11,13,16-17H,6-7,10,12H2,1-5H3,(H2,28,33)(H,29,30,31). The number of carbonyl (C=O) groups excluding carboxylic acids is 1. The van der Waals surface area contributed by atoms with E-state index in [-0.39, 0.29) is 28.7 Å². The van der Waals surface area contributed by atoms with Crippen LogP contribution in [0, 0.1) is 11.2 Å². The molecule has 1 aliphatic rings. The Morgan fingerprint density at radius 2 is 2.00 bits per heavy atom. The van der Waals surface area contributed by atoms with Gasteiger partial charge >= 0.3 is 0 Å². The number of benzene rings is 1. The van der Waals surface area contributed by atoms with Gasteiger partial charge in [-0.1, -0.05) is 32.9 Å². The molecule has 34 heavy (non-hydrogen) atoms. The van der Waals surface area contributed by atoms with Gasteiger partial charge in [-0.25, -0.2) is 18.7 Å². The zero-order valence-electron chi connectivity index (χ0n) is 20.2. The molecule has 186 valence electrons. The van der Waals surface area contributed by atoms with E-state index in [4.69, 9.17) is 10.5 Å². The number of nitrogens with zero attached hydrogens (tertiary/aromatic N) is 3. The molecule has 2 atom stereocenters. The molecule has 2 unspecified atom stereocenters. The number of methoxy groups -OCH3 is 1. The average molecular weight is 480 g/mol. The first-order valence-corrected chi connectivity index (χ1v) is 11.2. The Hall–Kier alpha value is -3.04. The van der Waals surface area contributed by atoms with Gasteiger partial charge in [-0.3, -0.25) is 4.79 Å². The molecule has 1 aliphatic heterocycles. The van der Waals surface area contributed by atoms with E-state index in [0.717, 1.165) is 13.3 Å². The lowest BCUT2D eigenvalue weighted by Gasteiger charge is -2.29. The van der Waals surface area contributed by atoms with Gasteiger partial charge in [0.1, 0.15) is 18.1 Å². The maximum Gasteiger partial charge on any atom is 0.270 e. The highest BCUT2D eigenvalue weighted by Crippen LogP contribution is 2.42. The first-order valence-electron chi connectivity index (χ1n) is 11.2. The highest BCUT2D eigenvalue weighted by atomic mass is 19.3. The van der Waals surface area contributed by atoms with Gasteiger partial charge in [-0.2, -0.15) is 4.39 Å². The lowest BCUT2D eigenvalue weighted by atomic mass is 9.88. The van der Waals surface area contributed by atoms with Gasteiger partial charge < -0.3 is 20.7 Å². The van der Waals surface area contributed by atoms with Gasteiger partial charge in [-0.05, 0) is 30.7 Å². The third kappa shape index (κ3) is 5.71. The molecule has 0 saturated carbocycles. The van der Waals surface area contributed by atoms with Crippen molar-refractivity contribution in [2.75, 3.05) is 23.9 Å². The van der Waals surface area contributed by atoms with Gasteiger partial charge in [0.25, 0.3) is 5.92 Å². The van der Waals surface area contributed by atoms with Crippen LogP contribution in [-0.4, -0.2) is 35.6 Å². The summed E-state index contributed by atoms with van der Waals surface area (Å²) in [6.07, 6.45) is 3.03. The van der Waals surface area contributed by atoms with Gasteiger partial charge in [0.05, 0.1) is 13.2 Å². The maximum atomic E-state index is 15.6. The van der Waals surface area contributed by atoms with Crippen LogP contribution >= 0.6 is 0 Å². The van der Waals surface area contributed by atoms with E-state index < -0.39 is 23.7 Å². The second-order valence-corrected chi connectivity index (χ2v) is 9.92. The number of nitrogens with one attached hydrogen (secondary N) is 1. The molecule has 0 aliphatic carbocycles. The summed E-state index contributed by atoms with van der Waals surface area (Å²) in [6.45, 7) is 7.19. The highest BCUT2D eigenvalue weighted by molar-refractivity contribution is 5.82. The predicted molar refractivity (Wildman–Crippen MR) is 125 cm³/mol. The van der Waals surface area contributed by atoms with Gasteiger partial charge in [0, 0.05) is 24.6 Å². The summed E-state index contributed by atoms with van der Waals surface area (Å²) in [5.41, 5.74) is 5.82. The molecule has 10 heteroatoms. The molecule has 1 aromatic heterocycles. The number of alkyl halides is 2. The van der Waals surface area contributed by atoms with Crippen LogP contribution in [-0.2, 0) is 10.7 Å². The summed E-state index contributed by atoms with van der Waals surface area (Å²) >= 11 is 0. The molecular weight excluding hydrogens is 447 g/mol. The molecule has 1 saturated heterocycles. The Kier molecular flexibility index (Phi) is 7.28. The SMILES string of the molecule is COc1cc(C(C)(F)F)ccc1C1CCCN1c1ncnc(NC(CC(C)(C)C)C(N)=O)c1F. The summed E-state index contributed by atoms with van der Waals surface area (Å²) in [7, 11) is 1.42. The second kappa shape index (κ2) is 9.68. The summed E-state index contributed by atoms with van der Waals surface area (Å²) in [6, 6.07) is 3.14. The number of ether oxygens (including phenoxy) is 1. The normalized spacial score (nSPS) is 17.5. The molecule has 3 rings (SSSR count). The minimum atomic E-state index is -3.01. The van der Waals surface area contributed by atoms with Crippen molar-refractivity contribution in [3.63, 3.8) is 0 Å². The van der Waals surface area contributed by atoms with E-state index in [1.165, 1.54) is 25.6 Å². The van der Waals surface area contributed by atoms with E-state index in [9.17, 15) is 13.6 Å². The van der Waals surface area contributed by atoms with Crippen molar-refractivity contribution in [1.29, 1.82) is 0 Å². The van der Waals surface area contributed by atoms with Crippen LogP contribution in [0.5, 0.6) is 5.75 Å². The molecule has 1 amide bonds. The Morgan fingerprint density at radius 3 is 2.59 bits per heavy atom. The fraction of sp³-hybridized carbons (Fsp3) is 0.542. The lowest BCUT2D eigenvalue weighted by molar-refractivity contribution is -0.119. The Balaban J connectivity index is 1.94. The van der Waals surface area contributed by atoms with Gasteiger partial charge in [0.2, 0.25) is 11.7 Å². The van der Waals surface area contributed by atoms with E-state index in [2.05, 4.69) is 15.3 Å². The summed E-state index contributed by atoms with van der Waals surface area (Å²) in [5, 5.41) is 2.83. The first kappa shape index (κ1) is 25.6. The summed E-state index contributed by atoms with van der Waals surface area (Å²) < 4.78 is 48.6. The Morgan fingerprint density at radius 1 is 1.29 bits per heavy atom. The highest BCUT2D eigenvalue weighted by Gasteiger charge is 2.34. The lowest BCUT2D eigenvalue weighted by Crippen LogP contribution is -2.39. The number of hydrogen-bond acceptors (Lipinski definition) is 6. The average Bonchev–Trinajstić information content (AvgIpc) is 3.21. The minimum Gasteiger partial charge on any atom is -0.496 e. The number of nitrogens with two attached hydrogens (primary N) is 1. The van der Waals surface area contributed by atoms with Crippen LogP contribution < -0.4 is 20.7 Å². The Labute approximate surface area is 197 Å². The molecule has 3 N–H and O–H groups in total. The Bertz CT molecular complexity index is 1040. The predicted octanol–water partition coefficient (Wildman–Crippen LogP) is 4.78. The molecule has 1 aromatic carbocycles. The molecule has 2 heterocycles. The first-order chi connectivity index (χ1) is 15.8. The summed E-state index contributed by atoms with van der Waals surface area (Å²) in [4.78, 5) is 21.9. The number of anilines is 2. The van der Waals surface area contributed by atoms with Crippen molar-refractivity contribution < 1.29 is 22.7 Å². The van der Waals surface area contributed by atoms with E-state index in [0.29, 0.717) is 30.7 Å². The van der Waals surface area contributed by atoms with Crippen molar-refractivity contribution in [2.45, 2.75) is 65.0 Å². The fourth-order valence-electron chi connectivity index (χ4n) is 4.26. The van der Waals surface area contributed by atoms with Crippen molar-refractivity contribution in [1.82, 2.24) is 9.97 Å². The number of rotatable bonds is 8. The van der Waals surface area contributed by atoms with Crippen molar-refractivity contribution >= 4 is 17.5 Å². The van der Waals surface area contributed by atoms with Crippen LogP contribution in [0.4, 0.5) is 24.8 Å². The molecule has 2 aromatic rings. The molecule has 1 fully saturated rings. The number of primary amides is 1. The number of halogens is 3. The van der Waals surface area contributed by atoms with E-state index >= 15 is 4.39 Å². The zero-order chi connectivity index (χ0) is 25.3. The van der Waals surface area contributed by atoms with Crippen LogP contribution in [0.25, 0.3) is 0 Å².